The predicted molar refractivity (Wildman–Crippen MR) is 50.1 cm³/mol. The van der Waals surface area contributed by atoms with Crippen molar-refractivity contribution in [3.63, 3.8) is 0 Å². The van der Waals surface area contributed by atoms with E-state index < -0.39 is 0 Å². The van der Waals surface area contributed by atoms with Gasteiger partial charge in [-0.05, 0) is 12.3 Å². The number of nitrogens with zero attached hydrogens (tertiary/aromatic N) is 1. The first kappa shape index (κ1) is 8.37. The number of thioether (sulfide) groups is 1. The molecule has 0 atom stereocenters. The zero-order chi connectivity index (χ0) is 9.26. The van der Waals surface area contributed by atoms with Crippen molar-refractivity contribution >= 4 is 23.5 Å². The van der Waals surface area contributed by atoms with Crippen LogP contribution in [-0.4, -0.2) is 23.8 Å². The van der Waals surface area contributed by atoms with Crippen molar-refractivity contribution in [1.82, 2.24) is 4.98 Å². The van der Waals surface area contributed by atoms with Gasteiger partial charge in [0.2, 0.25) is 0 Å². The second-order valence-corrected chi connectivity index (χ2v) is 3.44. The third kappa shape index (κ3) is 1.60. The minimum atomic E-state index is -0.156. The first-order valence-electron chi connectivity index (χ1n) is 3.76. The maximum Gasteiger partial charge on any atom is 0.263 e. The van der Waals surface area contributed by atoms with Gasteiger partial charge in [-0.1, -0.05) is 0 Å². The number of hydrogen-bond acceptors (Lipinski definition) is 4. The maximum absolute atomic E-state index is 10.9. The summed E-state index contributed by atoms with van der Waals surface area (Å²) >= 11 is 1.59. The van der Waals surface area contributed by atoms with Gasteiger partial charge in [-0.3, -0.25) is 4.79 Å². The summed E-state index contributed by atoms with van der Waals surface area (Å²) in [5.74, 6) is 0.998. The zero-order valence-electron chi connectivity index (χ0n) is 7.03. The van der Waals surface area contributed by atoms with Crippen molar-refractivity contribution in [3.05, 3.63) is 12.3 Å². The lowest BCUT2D eigenvalue weighted by molar-refractivity contribution is -0.118. The lowest BCUT2D eigenvalue weighted by Gasteiger charge is -2.16. The van der Waals surface area contributed by atoms with Crippen LogP contribution in [0.5, 0.6) is 5.75 Å². The minimum absolute atomic E-state index is 0.0759. The predicted octanol–water partition coefficient (Wildman–Crippen LogP) is 1.13. The van der Waals surface area contributed by atoms with Crippen LogP contribution in [-0.2, 0) is 4.79 Å². The van der Waals surface area contributed by atoms with Crippen LogP contribution < -0.4 is 10.1 Å². The molecular formula is C8H8N2O2S. The van der Waals surface area contributed by atoms with Crippen molar-refractivity contribution in [3.8, 4) is 5.75 Å². The molecule has 0 aromatic carbocycles. The lowest BCUT2D eigenvalue weighted by Crippen LogP contribution is -2.26. The first-order valence-corrected chi connectivity index (χ1v) is 4.99. The highest BCUT2D eigenvalue weighted by atomic mass is 32.2. The molecule has 5 heteroatoms. The molecule has 4 nitrogen and oxygen atoms in total. The minimum Gasteiger partial charge on any atom is -0.480 e. The number of nitrogens with one attached hydrogen (secondary N) is 1. The highest BCUT2D eigenvalue weighted by molar-refractivity contribution is 7.98. The Kier molecular flexibility index (Phi) is 2.10. The Labute approximate surface area is 79.7 Å². The van der Waals surface area contributed by atoms with Crippen LogP contribution in [0.3, 0.4) is 0 Å². The molecule has 0 spiro atoms. The second-order valence-electron chi connectivity index (χ2n) is 2.56. The van der Waals surface area contributed by atoms with Crippen LogP contribution in [0.2, 0.25) is 0 Å². The molecule has 1 amide bonds. The summed E-state index contributed by atoms with van der Waals surface area (Å²) in [4.78, 5) is 16.0. The molecule has 2 heterocycles. The number of pyridine rings is 1. The van der Waals surface area contributed by atoms with Gasteiger partial charge in [0.25, 0.3) is 5.91 Å². The van der Waals surface area contributed by atoms with Gasteiger partial charge in [0.05, 0.1) is 0 Å². The highest BCUT2D eigenvalue weighted by Crippen LogP contribution is 2.28. The fourth-order valence-corrected chi connectivity index (χ4v) is 1.44. The van der Waals surface area contributed by atoms with E-state index in [1.807, 2.05) is 12.3 Å². The molecule has 0 saturated heterocycles. The van der Waals surface area contributed by atoms with E-state index >= 15 is 0 Å². The molecule has 1 aliphatic rings. The Morgan fingerprint density at radius 3 is 3.31 bits per heavy atom. The molecule has 0 fully saturated rings. The van der Waals surface area contributed by atoms with E-state index in [-0.39, 0.29) is 12.5 Å². The number of carbonyl (C=O) groups is 1. The summed E-state index contributed by atoms with van der Waals surface area (Å²) in [6.45, 7) is 0.0759. The number of carbonyl (C=O) groups excluding carboxylic acids is 1. The number of rotatable bonds is 1. The molecule has 13 heavy (non-hydrogen) atoms. The summed E-state index contributed by atoms with van der Waals surface area (Å²) in [5.41, 5.74) is 0. The third-order valence-corrected chi connectivity index (χ3v) is 2.37. The largest absolute Gasteiger partial charge is 0.480 e. The number of aromatic nitrogens is 1. The number of amides is 1. The van der Waals surface area contributed by atoms with Gasteiger partial charge in [0.15, 0.2) is 18.2 Å². The van der Waals surface area contributed by atoms with Gasteiger partial charge in [-0.2, -0.15) is 0 Å². The summed E-state index contributed by atoms with van der Waals surface area (Å²) in [6.07, 6.45) is 3.67. The lowest BCUT2D eigenvalue weighted by atomic mass is 10.4. The van der Waals surface area contributed by atoms with Crippen LogP contribution in [0.1, 0.15) is 0 Å². The number of fused-ring (bicyclic) bond motifs is 1. The average molecular weight is 196 g/mol. The normalized spacial score (nSPS) is 14.4. The Hall–Kier alpha value is -1.23. The van der Waals surface area contributed by atoms with Crippen molar-refractivity contribution in [2.75, 3.05) is 18.2 Å². The topological polar surface area (TPSA) is 51.2 Å². The Morgan fingerprint density at radius 2 is 2.54 bits per heavy atom. The number of ether oxygens (including phenoxy) is 1. The van der Waals surface area contributed by atoms with Crippen molar-refractivity contribution in [1.29, 1.82) is 0 Å². The van der Waals surface area contributed by atoms with E-state index in [1.165, 1.54) is 0 Å². The van der Waals surface area contributed by atoms with E-state index in [9.17, 15) is 4.79 Å². The van der Waals surface area contributed by atoms with Crippen LogP contribution in [0.4, 0.5) is 5.82 Å². The quantitative estimate of drug-likeness (QED) is 0.684. The van der Waals surface area contributed by atoms with Crippen LogP contribution in [0.25, 0.3) is 0 Å². The Morgan fingerprint density at radius 1 is 1.69 bits per heavy atom. The SMILES string of the molecule is CSc1cnc2c(c1)OCC(=O)N2. The summed E-state index contributed by atoms with van der Waals surface area (Å²) in [7, 11) is 0. The van der Waals surface area contributed by atoms with Gasteiger partial charge in [0.1, 0.15) is 0 Å². The fraction of sp³-hybridized carbons (Fsp3) is 0.250. The van der Waals surface area contributed by atoms with E-state index in [1.54, 1.807) is 18.0 Å². The smallest absolute Gasteiger partial charge is 0.263 e. The summed E-state index contributed by atoms with van der Waals surface area (Å²) in [5, 5.41) is 2.63. The van der Waals surface area contributed by atoms with Gasteiger partial charge in [-0.25, -0.2) is 4.98 Å². The highest BCUT2D eigenvalue weighted by Gasteiger charge is 2.16. The van der Waals surface area contributed by atoms with E-state index in [0.29, 0.717) is 11.6 Å². The second kappa shape index (κ2) is 3.26. The van der Waals surface area contributed by atoms with Crippen LogP contribution in [0, 0.1) is 0 Å². The maximum atomic E-state index is 10.9. The van der Waals surface area contributed by atoms with E-state index in [0.717, 1.165) is 4.90 Å². The van der Waals surface area contributed by atoms with Crippen molar-refractivity contribution in [2.24, 2.45) is 0 Å². The molecule has 1 aromatic heterocycles. The molecule has 0 radical (unpaired) electrons. The monoisotopic (exact) mass is 196 g/mol. The molecule has 68 valence electrons. The molecular weight excluding hydrogens is 188 g/mol. The molecule has 0 aliphatic carbocycles. The third-order valence-electron chi connectivity index (χ3n) is 1.68. The van der Waals surface area contributed by atoms with Gasteiger partial charge < -0.3 is 10.1 Å². The van der Waals surface area contributed by atoms with E-state index in [4.69, 9.17) is 4.74 Å². The number of anilines is 1. The van der Waals surface area contributed by atoms with Crippen molar-refractivity contribution in [2.45, 2.75) is 4.90 Å². The van der Waals surface area contributed by atoms with Gasteiger partial charge in [0, 0.05) is 11.1 Å². The standard InChI is InChI=1S/C8H8N2O2S/c1-13-5-2-6-8(9-3-5)10-7(11)4-12-6/h2-3H,4H2,1H3,(H,9,10,11). The molecule has 0 saturated carbocycles. The molecule has 1 aromatic rings. The molecule has 0 unspecified atom stereocenters. The number of hydrogen-bond donors (Lipinski definition) is 1. The van der Waals surface area contributed by atoms with Gasteiger partial charge in [-0.15, -0.1) is 11.8 Å². The fourth-order valence-electron chi connectivity index (χ4n) is 1.05. The average Bonchev–Trinajstić information content (AvgIpc) is 2.17. The Balaban J connectivity index is 2.36. The first-order chi connectivity index (χ1) is 6.29. The van der Waals surface area contributed by atoms with Crippen molar-refractivity contribution < 1.29 is 9.53 Å². The zero-order valence-corrected chi connectivity index (χ0v) is 7.85. The molecule has 0 bridgehead atoms. The van der Waals surface area contributed by atoms with E-state index in [2.05, 4.69) is 10.3 Å². The molecule has 1 aliphatic heterocycles. The van der Waals surface area contributed by atoms with Crippen LogP contribution >= 0.6 is 11.8 Å². The molecule has 1 N–H and O–H groups in total. The summed E-state index contributed by atoms with van der Waals surface area (Å²) in [6, 6.07) is 1.87. The summed E-state index contributed by atoms with van der Waals surface area (Å²) < 4.78 is 5.19. The molecule has 2 rings (SSSR count). The Bertz CT molecular complexity index is 354. The van der Waals surface area contributed by atoms with Crippen LogP contribution in [0.15, 0.2) is 17.2 Å². The van der Waals surface area contributed by atoms with Gasteiger partial charge >= 0.3 is 0 Å².